The van der Waals surface area contributed by atoms with Crippen LogP contribution in [0.3, 0.4) is 0 Å². The van der Waals surface area contributed by atoms with Crippen molar-refractivity contribution < 1.29 is 0 Å². The van der Waals surface area contributed by atoms with E-state index >= 15 is 0 Å². The molecule has 3 rings (SSSR count). The van der Waals surface area contributed by atoms with Crippen molar-refractivity contribution in [3.8, 4) is 0 Å². The molecule has 1 aliphatic rings. The number of rotatable bonds is 3. The lowest BCUT2D eigenvalue weighted by Gasteiger charge is -2.32. The molecule has 2 aromatic rings. The molecule has 1 fully saturated rings. The van der Waals surface area contributed by atoms with Crippen LogP contribution in [0, 0.1) is 17.3 Å². The van der Waals surface area contributed by atoms with Crippen LogP contribution >= 0.6 is 0 Å². The van der Waals surface area contributed by atoms with Gasteiger partial charge in [-0.1, -0.05) is 93.9 Å². The third-order valence-corrected chi connectivity index (χ3v) is 5.57. The fourth-order valence-corrected chi connectivity index (χ4v) is 4.37. The first-order valence-corrected chi connectivity index (χ1v) is 9.37. The topological polar surface area (TPSA) is 0 Å². The summed E-state index contributed by atoms with van der Waals surface area (Å²) >= 11 is 0. The van der Waals surface area contributed by atoms with E-state index in [2.05, 4.69) is 88.4 Å². The number of hydrogen-bond donors (Lipinski definition) is 0. The SMILES string of the molecule is CCC1CCC(C(C)(C)C)C1=C(c1ccccc1)c1ccccc1. The summed E-state index contributed by atoms with van der Waals surface area (Å²) in [5.74, 6) is 1.38. The molecule has 24 heavy (non-hydrogen) atoms. The molecule has 1 saturated carbocycles. The van der Waals surface area contributed by atoms with Gasteiger partial charge in [0.05, 0.1) is 0 Å². The summed E-state index contributed by atoms with van der Waals surface area (Å²) in [6.45, 7) is 9.57. The highest BCUT2D eigenvalue weighted by Crippen LogP contribution is 2.51. The Morgan fingerprint density at radius 1 is 0.833 bits per heavy atom. The summed E-state index contributed by atoms with van der Waals surface area (Å²) in [7, 11) is 0. The van der Waals surface area contributed by atoms with Gasteiger partial charge in [0.15, 0.2) is 0 Å². The van der Waals surface area contributed by atoms with Gasteiger partial charge in [0.25, 0.3) is 0 Å². The predicted octanol–water partition coefficient (Wildman–Crippen LogP) is 6.97. The zero-order chi connectivity index (χ0) is 17.2. The minimum atomic E-state index is 0.314. The van der Waals surface area contributed by atoms with E-state index in [9.17, 15) is 0 Å². The molecule has 0 heteroatoms. The zero-order valence-corrected chi connectivity index (χ0v) is 15.5. The average molecular weight is 319 g/mol. The fourth-order valence-electron chi connectivity index (χ4n) is 4.37. The summed E-state index contributed by atoms with van der Waals surface area (Å²) in [5, 5.41) is 0. The highest BCUT2D eigenvalue weighted by atomic mass is 14.4. The van der Waals surface area contributed by atoms with Crippen LogP contribution in [0.4, 0.5) is 0 Å². The Hall–Kier alpha value is -1.82. The smallest absolute Gasteiger partial charge is 0.0114 e. The number of allylic oxidation sites excluding steroid dienone is 1. The molecule has 0 heterocycles. The first-order chi connectivity index (χ1) is 11.5. The molecule has 126 valence electrons. The molecular weight excluding hydrogens is 288 g/mol. The summed E-state index contributed by atoms with van der Waals surface area (Å²) in [6.07, 6.45) is 3.89. The van der Waals surface area contributed by atoms with E-state index in [4.69, 9.17) is 0 Å². The molecule has 2 atom stereocenters. The maximum absolute atomic E-state index is 2.41. The summed E-state index contributed by atoms with van der Waals surface area (Å²) < 4.78 is 0. The van der Waals surface area contributed by atoms with Gasteiger partial charge in [-0.25, -0.2) is 0 Å². The van der Waals surface area contributed by atoms with Gasteiger partial charge >= 0.3 is 0 Å². The van der Waals surface area contributed by atoms with Crippen molar-refractivity contribution in [1.29, 1.82) is 0 Å². The highest BCUT2D eigenvalue weighted by Gasteiger charge is 2.38. The summed E-state index contributed by atoms with van der Waals surface area (Å²) in [6, 6.07) is 22.0. The molecule has 0 nitrogen and oxygen atoms in total. The van der Waals surface area contributed by atoms with Crippen molar-refractivity contribution in [2.45, 2.75) is 47.0 Å². The molecule has 0 aliphatic heterocycles. The molecule has 2 aromatic carbocycles. The highest BCUT2D eigenvalue weighted by molar-refractivity contribution is 5.83. The minimum absolute atomic E-state index is 0.314. The normalized spacial score (nSPS) is 21.1. The maximum atomic E-state index is 2.41. The molecular formula is C24H30. The van der Waals surface area contributed by atoms with Gasteiger partial charge in [0.2, 0.25) is 0 Å². The Morgan fingerprint density at radius 3 is 1.75 bits per heavy atom. The van der Waals surface area contributed by atoms with Gasteiger partial charge in [-0.3, -0.25) is 0 Å². The van der Waals surface area contributed by atoms with Gasteiger partial charge in [0.1, 0.15) is 0 Å². The van der Waals surface area contributed by atoms with Crippen molar-refractivity contribution >= 4 is 5.57 Å². The first-order valence-electron chi connectivity index (χ1n) is 9.37. The summed E-state index contributed by atoms with van der Waals surface area (Å²) in [4.78, 5) is 0. The second-order valence-corrected chi connectivity index (χ2v) is 8.16. The van der Waals surface area contributed by atoms with Gasteiger partial charge in [-0.05, 0) is 53.2 Å². The van der Waals surface area contributed by atoms with Crippen LogP contribution < -0.4 is 0 Å². The van der Waals surface area contributed by atoms with E-state index in [1.54, 1.807) is 5.57 Å². The van der Waals surface area contributed by atoms with Crippen LogP contribution in [0.2, 0.25) is 0 Å². The van der Waals surface area contributed by atoms with Crippen LogP contribution in [0.5, 0.6) is 0 Å². The van der Waals surface area contributed by atoms with Crippen LogP contribution in [0.25, 0.3) is 5.57 Å². The molecule has 0 spiro atoms. The van der Waals surface area contributed by atoms with E-state index in [-0.39, 0.29) is 0 Å². The Bertz CT molecular complexity index is 644. The van der Waals surface area contributed by atoms with Gasteiger partial charge < -0.3 is 0 Å². The molecule has 0 saturated heterocycles. The van der Waals surface area contributed by atoms with Gasteiger partial charge in [-0.2, -0.15) is 0 Å². The van der Waals surface area contributed by atoms with Gasteiger partial charge in [0, 0.05) is 0 Å². The monoisotopic (exact) mass is 318 g/mol. The van der Waals surface area contributed by atoms with Crippen LogP contribution in [0.15, 0.2) is 66.2 Å². The van der Waals surface area contributed by atoms with Crippen molar-refractivity contribution in [3.05, 3.63) is 77.4 Å². The van der Waals surface area contributed by atoms with E-state index in [0.29, 0.717) is 17.3 Å². The van der Waals surface area contributed by atoms with E-state index < -0.39 is 0 Å². The van der Waals surface area contributed by atoms with Crippen LogP contribution in [-0.2, 0) is 0 Å². The van der Waals surface area contributed by atoms with E-state index in [1.807, 2.05) is 0 Å². The average Bonchev–Trinajstić information content (AvgIpc) is 3.01. The van der Waals surface area contributed by atoms with Crippen molar-refractivity contribution in [1.82, 2.24) is 0 Å². The second kappa shape index (κ2) is 6.97. The second-order valence-electron chi connectivity index (χ2n) is 8.16. The third kappa shape index (κ3) is 3.34. The molecule has 2 unspecified atom stereocenters. The number of benzene rings is 2. The van der Waals surface area contributed by atoms with Gasteiger partial charge in [-0.15, -0.1) is 0 Å². The van der Waals surface area contributed by atoms with Crippen molar-refractivity contribution in [2.24, 2.45) is 17.3 Å². The minimum Gasteiger partial charge on any atom is -0.0648 e. The Morgan fingerprint density at radius 2 is 1.33 bits per heavy atom. The fraction of sp³-hybridized carbons (Fsp3) is 0.417. The van der Waals surface area contributed by atoms with Crippen molar-refractivity contribution in [3.63, 3.8) is 0 Å². The molecule has 0 N–H and O–H groups in total. The predicted molar refractivity (Wildman–Crippen MR) is 105 cm³/mol. The molecule has 1 aliphatic carbocycles. The zero-order valence-electron chi connectivity index (χ0n) is 15.5. The third-order valence-electron chi connectivity index (χ3n) is 5.57. The lowest BCUT2D eigenvalue weighted by molar-refractivity contribution is 0.285. The first kappa shape index (κ1) is 17.0. The maximum Gasteiger partial charge on any atom is -0.0114 e. The number of hydrogen-bond acceptors (Lipinski definition) is 0. The lowest BCUT2D eigenvalue weighted by Crippen LogP contribution is -2.21. The Kier molecular flexibility index (Phi) is 4.94. The van der Waals surface area contributed by atoms with Crippen molar-refractivity contribution in [2.75, 3.05) is 0 Å². The molecule has 0 radical (unpaired) electrons. The van der Waals surface area contributed by atoms with Crippen LogP contribution in [-0.4, -0.2) is 0 Å². The molecule has 0 bridgehead atoms. The van der Waals surface area contributed by atoms with E-state index in [0.717, 1.165) is 0 Å². The largest absolute Gasteiger partial charge is 0.0648 e. The molecule has 0 amide bonds. The lowest BCUT2D eigenvalue weighted by atomic mass is 9.73. The van der Waals surface area contributed by atoms with Crippen LogP contribution in [0.1, 0.15) is 58.1 Å². The van der Waals surface area contributed by atoms with E-state index in [1.165, 1.54) is 36.0 Å². The Labute approximate surface area is 147 Å². The Balaban J connectivity index is 2.27. The quantitative estimate of drug-likeness (QED) is 0.573. The standard InChI is InChI=1S/C24H30/c1-5-18-16-17-21(24(2,3)4)23(18)22(19-12-8-6-9-13-19)20-14-10-7-11-15-20/h6-15,18,21H,5,16-17H2,1-4H3. The summed E-state index contributed by atoms with van der Waals surface area (Å²) in [5.41, 5.74) is 6.23. The molecule has 0 aromatic heterocycles.